The van der Waals surface area contributed by atoms with E-state index in [4.69, 9.17) is 0 Å². The van der Waals surface area contributed by atoms with Gasteiger partial charge in [-0.25, -0.2) is 0 Å². The molecule has 0 bridgehead atoms. The molecule has 56 valence electrons. The number of hydrogen-bond acceptors (Lipinski definition) is 0. The summed E-state index contributed by atoms with van der Waals surface area (Å²) in [5.41, 5.74) is 3.42. The molecule has 1 aromatic carbocycles. The third-order valence-electron chi connectivity index (χ3n) is 1.74. The second kappa shape index (κ2) is 3.20. The Morgan fingerprint density at radius 2 is 2.00 bits per heavy atom. The predicted octanol–water partition coefficient (Wildman–Crippen LogP) is 3.19. The van der Waals surface area contributed by atoms with Crippen molar-refractivity contribution in [2.45, 2.75) is 6.92 Å². The Morgan fingerprint density at radius 1 is 1.36 bits per heavy atom. The van der Waals surface area contributed by atoms with Gasteiger partial charge < -0.3 is 0 Å². The summed E-state index contributed by atoms with van der Waals surface area (Å²) in [6, 6.07) is 8.16. The summed E-state index contributed by atoms with van der Waals surface area (Å²) in [5.74, 6) is 0. The molecule has 0 nitrogen and oxygen atoms in total. The van der Waals surface area contributed by atoms with Crippen molar-refractivity contribution in [3.05, 3.63) is 54.6 Å². The van der Waals surface area contributed by atoms with Crippen LogP contribution in [0.5, 0.6) is 0 Å². The lowest BCUT2D eigenvalue weighted by molar-refractivity contribution is 1.43. The summed E-state index contributed by atoms with van der Waals surface area (Å²) in [4.78, 5) is 0. The van der Waals surface area contributed by atoms with E-state index in [1.165, 1.54) is 11.1 Å². The van der Waals surface area contributed by atoms with Crippen LogP contribution in [-0.4, -0.2) is 0 Å². The van der Waals surface area contributed by atoms with Crippen LogP contribution in [0.1, 0.15) is 11.1 Å². The van der Waals surface area contributed by atoms with E-state index in [0.717, 1.165) is 5.57 Å². The topological polar surface area (TPSA) is 0 Å². The summed E-state index contributed by atoms with van der Waals surface area (Å²) in [7, 11) is 0. The van der Waals surface area contributed by atoms with Gasteiger partial charge in [0, 0.05) is 0 Å². The second-order valence-corrected chi connectivity index (χ2v) is 2.54. The van der Waals surface area contributed by atoms with Gasteiger partial charge in [-0.1, -0.05) is 43.5 Å². The number of benzene rings is 1. The molecular weight excluding hydrogens is 132 g/mol. The summed E-state index contributed by atoms with van der Waals surface area (Å²) >= 11 is 0. The van der Waals surface area contributed by atoms with Gasteiger partial charge in [0.15, 0.2) is 0 Å². The molecule has 1 rings (SSSR count). The lowest BCUT2D eigenvalue weighted by Crippen LogP contribution is -1.82. The van der Waals surface area contributed by atoms with Crippen molar-refractivity contribution in [3.63, 3.8) is 0 Å². The van der Waals surface area contributed by atoms with Crippen molar-refractivity contribution < 1.29 is 0 Å². The molecule has 0 saturated carbocycles. The maximum absolute atomic E-state index is 3.89. The zero-order valence-corrected chi connectivity index (χ0v) is 6.80. The molecular formula is C11H12. The van der Waals surface area contributed by atoms with Crippen molar-refractivity contribution in [2.75, 3.05) is 0 Å². The molecule has 0 atom stereocenters. The van der Waals surface area contributed by atoms with E-state index < -0.39 is 0 Å². The Hall–Kier alpha value is -1.30. The summed E-state index contributed by atoms with van der Waals surface area (Å²) in [6.45, 7) is 9.64. The normalized spacial score (nSPS) is 9.18. The van der Waals surface area contributed by atoms with Crippen molar-refractivity contribution in [2.24, 2.45) is 0 Å². The van der Waals surface area contributed by atoms with Crippen molar-refractivity contribution >= 4 is 5.57 Å². The molecule has 0 spiro atoms. The Morgan fingerprint density at radius 3 is 2.55 bits per heavy atom. The van der Waals surface area contributed by atoms with Gasteiger partial charge in [-0.2, -0.15) is 0 Å². The van der Waals surface area contributed by atoms with Gasteiger partial charge in [0.1, 0.15) is 0 Å². The first-order valence-electron chi connectivity index (χ1n) is 3.63. The zero-order chi connectivity index (χ0) is 8.27. The molecule has 0 amide bonds. The molecule has 0 aliphatic carbocycles. The van der Waals surface area contributed by atoms with Crippen LogP contribution < -0.4 is 0 Å². The molecule has 11 heavy (non-hydrogen) atoms. The van der Waals surface area contributed by atoms with E-state index in [-0.39, 0.29) is 0 Å². The molecule has 0 N–H and O–H groups in total. The van der Waals surface area contributed by atoms with Crippen LogP contribution in [0.15, 0.2) is 43.5 Å². The Labute approximate surface area is 67.9 Å². The molecule has 0 aliphatic heterocycles. The lowest BCUT2D eigenvalue weighted by atomic mass is 10.0. The molecule has 1 aromatic rings. The smallest absolute Gasteiger partial charge is 0.0161 e. The van der Waals surface area contributed by atoms with Crippen LogP contribution in [0.4, 0.5) is 0 Å². The van der Waals surface area contributed by atoms with Crippen LogP contribution in [0, 0.1) is 6.92 Å². The number of rotatable bonds is 2. The van der Waals surface area contributed by atoms with Gasteiger partial charge in [-0.3, -0.25) is 0 Å². The summed E-state index contributed by atoms with van der Waals surface area (Å²) in [6.07, 6.45) is 1.78. The third-order valence-corrected chi connectivity index (χ3v) is 1.74. The average molecular weight is 144 g/mol. The first-order chi connectivity index (χ1) is 5.25. The Balaban J connectivity index is 3.13. The molecule has 0 fully saturated rings. The average Bonchev–Trinajstić information content (AvgIpc) is 2.04. The highest BCUT2D eigenvalue weighted by molar-refractivity contribution is 5.73. The maximum atomic E-state index is 3.89. The van der Waals surface area contributed by atoms with Gasteiger partial charge in [0.05, 0.1) is 0 Å². The molecule has 0 saturated heterocycles. The van der Waals surface area contributed by atoms with E-state index in [1.54, 1.807) is 6.08 Å². The number of aryl methyl sites for hydroxylation is 1. The summed E-state index contributed by atoms with van der Waals surface area (Å²) < 4.78 is 0. The first-order valence-corrected chi connectivity index (χ1v) is 3.63. The lowest BCUT2D eigenvalue weighted by Gasteiger charge is -2.03. The van der Waals surface area contributed by atoms with Gasteiger partial charge in [0.2, 0.25) is 0 Å². The maximum Gasteiger partial charge on any atom is -0.0161 e. The molecule has 0 heterocycles. The predicted molar refractivity (Wildman–Crippen MR) is 50.4 cm³/mol. The minimum atomic E-state index is 0.989. The highest BCUT2D eigenvalue weighted by atomic mass is 14.0. The second-order valence-electron chi connectivity index (χ2n) is 2.54. The van der Waals surface area contributed by atoms with Gasteiger partial charge >= 0.3 is 0 Å². The standard InChI is InChI=1S/C11H12/c1-4-9(2)11-8-6-5-7-10(11)3/h4-8H,1-2H2,3H3. The summed E-state index contributed by atoms with van der Waals surface area (Å²) in [5, 5.41) is 0. The SMILES string of the molecule is C=CC(=C)c1ccccc1C. The monoisotopic (exact) mass is 144 g/mol. The van der Waals surface area contributed by atoms with Crippen LogP contribution in [0.25, 0.3) is 5.57 Å². The van der Waals surface area contributed by atoms with Crippen LogP contribution in [-0.2, 0) is 0 Å². The minimum Gasteiger partial charge on any atom is -0.0985 e. The van der Waals surface area contributed by atoms with Crippen molar-refractivity contribution in [1.29, 1.82) is 0 Å². The van der Waals surface area contributed by atoms with E-state index in [0.29, 0.717) is 0 Å². The zero-order valence-electron chi connectivity index (χ0n) is 6.80. The fourth-order valence-electron chi connectivity index (χ4n) is 1.04. The Kier molecular flexibility index (Phi) is 2.27. The fraction of sp³-hybridized carbons (Fsp3) is 0.0909. The Bertz CT molecular complexity index is 282. The van der Waals surface area contributed by atoms with Gasteiger partial charge in [-0.15, -0.1) is 0 Å². The third kappa shape index (κ3) is 1.58. The fourth-order valence-corrected chi connectivity index (χ4v) is 1.04. The quantitative estimate of drug-likeness (QED) is 0.559. The molecule has 0 heteroatoms. The molecule has 0 unspecified atom stereocenters. The van der Waals surface area contributed by atoms with Crippen LogP contribution in [0.3, 0.4) is 0 Å². The largest absolute Gasteiger partial charge is 0.0985 e. The van der Waals surface area contributed by atoms with Gasteiger partial charge in [-0.05, 0) is 23.6 Å². The highest BCUT2D eigenvalue weighted by Crippen LogP contribution is 2.16. The van der Waals surface area contributed by atoms with E-state index in [2.05, 4.69) is 32.2 Å². The first kappa shape index (κ1) is 7.80. The van der Waals surface area contributed by atoms with E-state index in [1.807, 2.05) is 12.1 Å². The van der Waals surface area contributed by atoms with Crippen molar-refractivity contribution in [3.8, 4) is 0 Å². The van der Waals surface area contributed by atoms with E-state index in [9.17, 15) is 0 Å². The number of allylic oxidation sites excluding steroid dienone is 2. The van der Waals surface area contributed by atoms with Crippen molar-refractivity contribution in [1.82, 2.24) is 0 Å². The molecule has 0 aliphatic rings. The molecule has 0 aromatic heterocycles. The van der Waals surface area contributed by atoms with E-state index >= 15 is 0 Å². The van der Waals surface area contributed by atoms with Gasteiger partial charge in [0.25, 0.3) is 0 Å². The number of hydrogen-bond donors (Lipinski definition) is 0. The van der Waals surface area contributed by atoms with Crippen LogP contribution in [0.2, 0.25) is 0 Å². The molecule has 0 radical (unpaired) electrons. The van der Waals surface area contributed by atoms with Crippen LogP contribution >= 0.6 is 0 Å². The minimum absolute atomic E-state index is 0.989. The highest BCUT2D eigenvalue weighted by Gasteiger charge is 1.96.